The Bertz CT molecular complexity index is 1130. The Morgan fingerprint density at radius 1 is 1.18 bits per heavy atom. The number of fused-ring (bicyclic) bond motifs is 1. The Balaban J connectivity index is 1.48. The van der Waals surface area contributed by atoms with E-state index < -0.39 is 10.0 Å². The van der Waals surface area contributed by atoms with Gasteiger partial charge in [0, 0.05) is 18.7 Å². The van der Waals surface area contributed by atoms with Crippen LogP contribution in [-0.2, 0) is 10.0 Å². The maximum atomic E-state index is 12.7. The Labute approximate surface area is 168 Å². The quantitative estimate of drug-likeness (QED) is 0.621. The van der Waals surface area contributed by atoms with Gasteiger partial charge in [-0.2, -0.15) is 4.31 Å². The maximum absolute atomic E-state index is 12.7. The molecule has 3 aromatic rings. The van der Waals surface area contributed by atoms with E-state index in [1.165, 1.54) is 21.7 Å². The van der Waals surface area contributed by atoms with Gasteiger partial charge >= 0.3 is 0 Å². The van der Waals surface area contributed by atoms with E-state index in [2.05, 4.69) is 16.4 Å². The average molecular weight is 416 g/mol. The van der Waals surface area contributed by atoms with Gasteiger partial charge in [0.15, 0.2) is 10.9 Å². The molecule has 0 amide bonds. The van der Waals surface area contributed by atoms with E-state index >= 15 is 0 Å². The van der Waals surface area contributed by atoms with Crippen LogP contribution in [0.15, 0.2) is 47.4 Å². The zero-order valence-electron chi connectivity index (χ0n) is 15.5. The third-order valence-corrected chi connectivity index (χ3v) is 7.67. The minimum absolute atomic E-state index is 0.0615. The Kier molecular flexibility index (Phi) is 5.18. The zero-order valence-corrected chi connectivity index (χ0v) is 17.1. The number of nitrogens with zero attached hydrogens (tertiary/aromatic N) is 2. The van der Waals surface area contributed by atoms with Crippen LogP contribution in [0.4, 0.5) is 5.13 Å². The molecule has 0 aliphatic carbocycles. The van der Waals surface area contributed by atoms with Crippen molar-refractivity contribution >= 4 is 42.5 Å². The maximum Gasteiger partial charge on any atom is 0.243 e. The average Bonchev–Trinajstić information content (AvgIpc) is 3.36. The van der Waals surface area contributed by atoms with Gasteiger partial charge in [-0.3, -0.25) is 4.79 Å². The number of aromatic nitrogens is 1. The predicted octanol–water partition coefficient (Wildman–Crippen LogP) is 3.68. The number of hydrogen-bond acceptors (Lipinski definition) is 6. The van der Waals surface area contributed by atoms with Crippen LogP contribution < -0.4 is 5.32 Å². The van der Waals surface area contributed by atoms with Crippen molar-refractivity contribution in [2.45, 2.75) is 24.7 Å². The fourth-order valence-corrected chi connectivity index (χ4v) is 5.80. The second-order valence-corrected chi connectivity index (χ2v) is 9.87. The molecule has 0 bridgehead atoms. The summed E-state index contributed by atoms with van der Waals surface area (Å²) >= 11 is 1.50. The molecule has 146 valence electrons. The number of hydrogen-bond donors (Lipinski definition) is 1. The summed E-state index contributed by atoms with van der Waals surface area (Å²) in [6.45, 7) is 3.17. The summed E-state index contributed by atoms with van der Waals surface area (Å²) in [5.74, 6) is -0.172. The summed E-state index contributed by atoms with van der Waals surface area (Å²) in [6, 6.07) is 12.3. The molecule has 1 fully saturated rings. The molecule has 2 heterocycles. The van der Waals surface area contributed by atoms with Crippen LogP contribution in [0.2, 0.25) is 0 Å². The molecule has 2 aromatic carbocycles. The first-order valence-electron chi connectivity index (χ1n) is 9.18. The summed E-state index contributed by atoms with van der Waals surface area (Å²) in [4.78, 5) is 17.3. The number of thiazole rings is 1. The van der Waals surface area contributed by atoms with Crippen LogP contribution in [-0.4, -0.2) is 43.1 Å². The van der Waals surface area contributed by atoms with E-state index in [0.717, 1.165) is 28.6 Å². The molecular formula is C20H21N3O3S2. The van der Waals surface area contributed by atoms with Crippen LogP contribution in [0.1, 0.15) is 28.8 Å². The van der Waals surface area contributed by atoms with Crippen molar-refractivity contribution < 1.29 is 13.2 Å². The molecule has 4 rings (SSSR count). The number of carbonyl (C=O) groups excluding carboxylic acids is 1. The van der Waals surface area contributed by atoms with Crippen LogP contribution in [0.5, 0.6) is 0 Å². The Hall–Kier alpha value is -2.29. The molecule has 0 saturated carbocycles. The topological polar surface area (TPSA) is 79.4 Å². The lowest BCUT2D eigenvalue weighted by atomic mass is 10.1. The molecular weight excluding hydrogens is 394 g/mol. The highest BCUT2D eigenvalue weighted by Gasteiger charge is 2.27. The minimum atomic E-state index is -3.53. The third-order valence-electron chi connectivity index (χ3n) is 4.80. The summed E-state index contributed by atoms with van der Waals surface area (Å²) in [7, 11) is -3.53. The number of Topliss-reactive ketones (excluding diaryl/α,β-unsaturated/α-hetero) is 1. The number of rotatable bonds is 6. The van der Waals surface area contributed by atoms with Gasteiger partial charge in [-0.05, 0) is 49.6 Å². The normalized spacial score (nSPS) is 15.2. The van der Waals surface area contributed by atoms with E-state index in [1.807, 2.05) is 19.1 Å². The van der Waals surface area contributed by atoms with Crippen LogP contribution >= 0.6 is 11.3 Å². The minimum Gasteiger partial charge on any atom is -0.354 e. The molecule has 1 aliphatic heterocycles. The number of nitrogens with one attached hydrogen (secondary N) is 1. The molecule has 28 heavy (non-hydrogen) atoms. The van der Waals surface area contributed by atoms with E-state index in [0.29, 0.717) is 23.8 Å². The molecule has 1 N–H and O–H groups in total. The van der Waals surface area contributed by atoms with Gasteiger partial charge in [0.05, 0.1) is 21.7 Å². The van der Waals surface area contributed by atoms with Crippen molar-refractivity contribution in [1.82, 2.24) is 9.29 Å². The van der Waals surface area contributed by atoms with Crippen molar-refractivity contribution in [3.63, 3.8) is 0 Å². The van der Waals surface area contributed by atoms with E-state index in [9.17, 15) is 13.2 Å². The van der Waals surface area contributed by atoms with Gasteiger partial charge in [0.2, 0.25) is 10.0 Å². The number of sulfonamides is 1. The number of anilines is 1. The van der Waals surface area contributed by atoms with Crippen LogP contribution in [0.25, 0.3) is 10.2 Å². The van der Waals surface area contributed by atoms with Crippen molar-refractivity contribution in [3.8, 4) is 0 Å². The fourth-order valence-electron chi connectivity index (χ4n) is 3.27. The van der Waals surface area contributed by atoms with Crippen molar-refractivity contribution in [1.29, 1.82) is 0 Å². The van der Waals surface area contributed by atoms with Gasteiger partial charge in [-0.1, -0.05) is 29.5 Å². The SMILES string of the molecule is Cc1ccc2nc(NCC(=O)c3cccc(S(=O)(=O)N4CCCC4)c3)sc2c1. The summed E-state index contributed by atoms with van der Waals surface area (Å²) < 4.78 is 28.0. The Morgan fingerprint density at radius 2 is 1.96 bits per heavy atom. The van der Waals surface area contributed by atoms with Gasteiger partial charge < -0.3 is 5.32 Å². The molecule has 8 heteroatoms. The Morgan fingerprint density at radius 3 is 2.75 bits per heavy atom. The van der Waals surface area contributed by atoms with E-state index in [-0.39, 0.29) is 17.2 Å². The summed E-state index contributed by atoms with van der Waals surface area (Å²) in [5, 5.41) is 3.74. The highest BCUT2D eigenvalue weighted by atomic mass is 32.2. The lowest BCUT2D eigenvalue weighted by Crippen LogP contribution is -2.28. The number of benzene rings is 2. The second kappa shape index (κ2) is 7.62. The molecule has 0 radical (unpaired) electrons. The highest BCUT2D eigenvalue weighted by molar-refractivity contribution is 7.89. The van der Waals surface area contributed by atoms with Crippen LogP contribution in [0.3, 0.4) is 0 Å². The van der Waals surface area contributed by atoms with E-state index in [1.54, 1.807) is 18.2 Å². The smallest absolute Gasteiger partial charge is 0.243 e. The lowest BCUT2D eigenvalue weighted by molar-refractivity contribution is 0.101. The van der Waals surface area contributed by atoms with Gasteiger partial charge in [0.25, 0.3) is 0 Å². The van der Waals surface area contributed by atoms with Crippen molar-refractivity contribution in [2.24, 2.45) is 0 Å². The lowest BCUT2D eigenvalue weighted by Gasteiger charge is -2.15. The molecule has 1 aliphatic rings. The third kappa shape index (κ3) is 3.80. The highest BCUT2D eigenvalue weighted by Crippen LogP contribution is 2.27. The van der Waals surface area contributed by atoms with E-state index in [4.69, 9.17) is 0 Å². The fraction of sp³-hybridized carbons (Fsp3) is 0.300. The number of ketones is 1. The van der Waals surface area contributed by atoms with Crippen molar-refractivity contribution in [3.05, 3.63) is 53.6 Å². The zero-order chi connectivity index (χ0) is 19.7. The van der Waals surface area contributed by atoms with Gasteiger partial charge in [-0.15, -0.1) is 0 Å². The molecule has 0 atom stereocenters. The van der Waals surface area contributed by atoms with Gasteiger partial charge in [0.1, 0.15) is 0 Å². The second-order valence-electron chi connectivity index (χ2n) is 6.91. The molecule has 6 nitrogen and oxygen atoms in total. The number of carbonyl (C=O) groups is 1. The molecule has 0 unspecified atom stereocenters. The first kappa shape index (κ1) is 19.0. The first-order valence-corrected chi connectivity index (χ1v) is 11.4. The van der Waals surface area contributed by atoms with Crippen molar-refractivity contribution in [2.75, 3.05) is 25.0 Å². The largest absolute Gasteiger partial charge is 0.354 e. The van der Waals surface area contributed by atoms with Gasteiger partial charge in [-0.25, -0.2) is 13.4 Å². The molecule has 0 spiro atoms. The summed E-state index contributed by atoms with van der Waals surface area (Å²) in [6.07, 6.45) is 1.76. The summed E-state index contributed by atoms with van der Waals surface area (Å²) in [5.41, 5.74) is 2.43. The standard InChI is InChI=1S/C20H21N3O3S2/c1-14-7-8-17-19(11-14)27-20(22-17)21-13-18(24)15-5-4-6-16(12-15)28(25,26)23-9-2-3-10-23/h4-8,11-12H,2-3,9-10,13H2,1H3,(H,21,22). The molecule has 1 saturated heterocycles. The predicted molar refractivity (Wildman–Crippen MR) is 112 cm³/mol. The van der Waals surface area contributed by atoms with Crippen LogP contribution in [0, 0.1) is 6.92 Å². The molecule has 1 aromatic heterocycles. The monoisotopic (exact) mass is 415 g/mol. The number of aryl methyl sites for hydroxylation is 1. The first-order chi connectivity index (χ1) is 13.4.